The SMILES string of the molecule is CCCCCC(CC)S(=O)(=O)C[C@H](CC)N1C(=O)[C@@](C)(CC(=O)O)C[C@H](c2cccc(Cl)c2)[C@H]1c1ccc(Cl)cc1. The van der Waals surface area contributed by atoms with Crippen LogP contribution in [0.4, 0.5) is 0 Å². The van der Waals surface area contributed by atoms with Crippen LogP contribution < -0.4 is 0 Å². The maximum Gasteiger partial charge on any atom is 0.304 e. The van der Waals surface area contributed by atoms with Gasteiger partial charge in [-0.3, -0.25) is 9.59 Å². The highest BCUT2D eigenvalue weighted by Crippen LogP contribution is 2.52. The van der Waals surface area contributed by atoms with E-state index in [0.717, 1.165) is 30.4 Å². The normalized spacial score (nSPS) is 22.9. The van der Waals surface area contributed by atoms with E-state index in [4.69, 9.17) is 23.2 Å². The molecule has 0 aliphatic carbocycles. The van der Waals surface area contributed by atoms with Crippen LogP contribution in [0, 0.1) is 5.41 Å². The minimum Gasteiger partial charge on any atom is -0.481 e. The number of benzene rings is 2. The molecule has 5 atom stereocenters. The second-order valence-corrected chi connectivity index (χ2v) is 14.8. The van der Waals surface area contributed by atoms with Gasteiger partial charge in [0.05, 0.1) is 28.9 Å². The molecule has 1 aliphatic rings. The van der Waals surface area contributed by atoms with E-state index >= 15 is 0 Å². The molecule has 41 heavy (non-hydrogen) atoms. The number of hydrogen-bond acceptors (Lipinski definition) is 4. The van der Waals surface area contributed by atoms with E-state index in [2.05, 4.69) is 6.92 Å². The first-order valence-corrected chi connectivity index (χ1v) is 17.1. The van der Waals surface area contributed by atoms with Gasteiger partial charge in [0.2, 0.25) is 5.91 Å². The Morgan fingerprint density at radius 3 is 2.27 bits per heavy atom. The monoisotopic (exact) mass is 623 g/mol. The van der Waals surface area contributed by atoms with Gasteiger partial charge in [0.25, 0.3) is 0 Å². The van der Waals surface area contributed by atoms with Gasteiger partial charge >= 0.3 is 5.97 Å². The lowest BCUT2D eigenvalue weighted by atomic mass is 9.67. The molecule has 6 nitrogen and oxygen atoms in total. The maximum absolute atomic E-state index is 14.4. The highest BCUT2D eigenvalue weighted by Gasteiger charge is 2.52. The van der Waals surface area contributed by atoms with Crippen molar-refractivity contribution in [3.63, 3.8) is 0 Å². The van der Waals surface area contributed by atoms with Crippen LogP contribution in [-0.4, -0.2) is 47.3 Å². The van der Waals surface area contributed by atoms with Crippen molar-refractivity contribution in [2.75, 3.05) is 5.75 Å². The molecule has 0 radical (unpaired) electrons. The van der Waals surface area contributed by atoms with Gasteiger partial charge in [0, 0.05) is 22.0 Å². The van der Waals surface area contributed by atoms with Crippen molar-refractivity contribution in [2.45, 2.75) is 102 Å². The minimum atomic E-state index is -3.55. The van der Waals surface area contributed by atoms with E-state index in [1.807, 2.05) is 44.2 Å². The van der Waals surface area contributed by atoms with Crippen molar-refractivity contribution in [3.8, 4) is 0 Å². The highest BCUT2D eigenvalue weighted by atomic mass is 35.5. The number of carbonyl (C=O) groups is 2. The Morgan fingerprint density at radius 1 is 1.02 bits per heavy atom. The summed E-state index contributed by atoms with van der Waals surface area (Å²) in [4.78, 5) is 28.2. The molecule has 0 saturated carbocycles. The van der Waals surface area contributed by atoms with Crippen molar-refractivity contribution < 1.29 is 23.1 Å². The molecule has 1 fully saturated rings. The summed E-state index contributed by atoms with van der Waals surface area (Å²) in [7, 11) is -3.55. The zero-order valence-electron chi connectivity index (χ0n) is 24.5. The fourth-order valence-electron chi connectivity index (χ4n) is 6.34. The number of rotatable bonds is 14. The van der Waals surface area contributed by atoms with Crippen LogP contribution >= 0.6 is 23.2 Å². The molecule has 1 N–H and O–H groups in total. The lowest BCUT2D eigenvalue weighted by Crippen LogP contribution is -2.57. The van der Waals surface area contributed by atoms with E-state index in [1.54, 1.807) is 30.0 Å². The quantitative estimate of drug-likeness (QED) is 0.215. The maximum atomic E-state index is 14.4. The third-order valence-corrected chi connectivity index (χ3v) is 11.4. The van der Waals surface area contributed by atoms with Crippen molar-refractivity contribution in [3.05, 3.63) is 69.7 Å². The summed E-state index contributed by atoms with van der Waals surface area (Å²) in [6, 6.07) is 13.5. The van der Waals surface area contributed by atoms with Crippen LogP contribution in [-0.2, 0) is 19.4 Å². The number of halogens is 2. The molecular weight excluding hydrogens is 581 g/mol. The van der Waals surface area contributed by atoms with Crippen molar-refractivity contribution in [1.29, 1.82) is 0 Å². The summed E-state index contributed by atoms with van der Waals surface area (Å²) >= 11 is 12.6. The van der Waals surface area contributed by atoms with E-state index in [1.165, 1.54) is 0 Å². The molecule has 0 spiro atoms. The Labute approximate surface area is 255 Å². The number of likely N-dealkylation sites (tertiary alicyclic amines) is 1. The lowest BCUT2D eigenvalue weighted by Gasteiger charge is -2.52. The molecule has 0 bridgehead atoms. The Bertz CT molecular complexity index is 1300. The first-order chi connectivity index (χ1) is 19.4. The number of carbonyl (C=O) groups excluding carboxylic acids is 1. The Morgan fingerprint density at radius 2 is 1.71 bits per heavy atom. The molecule has 2 aromatic rings. The summed E-state index contributed by atoms with van der Waals surface area (Å²) < 4.78 is 27.7. The smallest absolute Gasteiger partial charge is 0.304 e. The third kappa shape index (κ3) is 8.05. The zero-order chi connectivity index (χ0) is 30.4. The largest absolute Gasteiger partial charge is 0.481 e. The number of sulfone groups is 1. The number of unbranched alkanes of at least 4 members (excludes halogenated alkanes) is 2. The van der Waals surface area contributed by atoms with Gasteiger partial charge < -0.3 is 10.0 Å². The van der Waals surface area contributed by atoms with Crippen LogP contribution in [0.2, 0.25) is 10.0 Å². The Balaban J connectivity index is 2.18. The van der Waals surface area contributed by atoms with Gasteiger partial charge in [0.1, 0.15) is 0 Å². The fourth-order valence-corrected chi connectivity index (χ4v) is 8.90. The molecule has 2 aromatic carbocycles. The van der Waals surface area contributed by atoms with Crippen LogP contribution in [0.3, 0.4) is 0 Å². The van der Waals surface area contributed by atoms with Gasteiger partial charge in [-0.1, -0.05) is 94.4 Å². The number of amides is 1. The van der Waals surface area contributed by atoms with Gasteiger partial charge in [-0.2, -0.15) is 0 Å². The molecule has 0 aromatic heterocycles. The first kappa shape index (κ1) is 33.4. The number of piperidine rings is 1. The summed E-state index contributed by atoms with van der Waals surface area (Å²) in [5.74, 6) is -1.90. The fraction of sp³-hybridized carbons (Fsp3) is 0.562. The molecule has 9 heteroatoms. The van der Waals surface area contributed by atoms with Gasteiger partial charge in [-0.15, -0.1) is 0 Å². The number of aliphatic carboxylic acids is 1. The lowest BCUT2D eigenvalue weighted by molar-refractivity contribution is -0.160. The van der Waals surface area contributed by atoms with Gasteiger partial charge in [-0.25, -0.2) is 8.42 Å². The van der Waals surface area contributed by atoms with E-state index < -0.39 is 38.6 Å². The number of nitrogens with zero attached hydrogens (tertiary/aromatic N) is 1. The molecule has 1 saturated heterocycles. The van der Waals surface area contributed by atoms with Crippen molar-refractivity contribution >= 4 is 44.9 Å². The second kappa shape index (κ2) is 14.4. The summed E-state index contributed by atoms with van der Waals surface area (Å²) in [5, 5.41) is 10.4. The average Bonchev–Trinajstić information content (AvgIpc) is 2.91. The molecule has 1 aliphatic heterocycles. The molecular formula is C32H43Cl2NO5S. The van der Waals surface area contributed by atoms with Crippen LogP contribution in [0.25, 0.3) is 0 Å². The first-order valence-electron chi connectivity index (χ1n) is 14.6. The molecule has 3 rings (SSSR count). The highest BCUT2D eigenvalue weighted by molar-refractivity contribution is 7.92. The van der Waals surface area contributed by atoms with E-state index in [9.17, 15) is 23.1 Å². The zero-order valence-corrected chi connectivity index (χ0v) is 26.8. The number of carboxylic acids is 1. The molecule has 1 unspecified atom stereocenters. The standard InChI is InChI=1S/C32H43Cl2NO5S/c1-5-8-9-13-27(7-3)41(39,40)21-26(6-2)35-30(22-14-16-24(33)17-15-22)28(23-11-10-12-25(34)18-23)19-32(4,31(35)38)20-29(36)37/h10-12,14-18,26-28,30H,5-9,13,19-21H2,1-4H3,(H,36,37)/t26-,27?,28+,30+,32+/m0/s1. The molecule has 1 heterocycles. The summed E-state index contributed by atoms with van der Waals surface area (Å²) in [6.45, 7) is 7.57. The van der Waals surface area contributed by atoms with Crippen molar-refractivity contribution in [2.24, 2.45) is 5.41 Å². The predicted molar refractivity (Wildman–Crippen MR) is 166 cm³/mol. The molecule has 1 amide bonds. The number of carboxylic acid groups (broad SMARTS) is 1. The van der Waals surface area contributed by atoms with Crippen molar-refractivity contribution in [1.82, 2.24) is 4.90 Å². The van der Waals surface area contributed by atoms with Crippen LogP contribution in [0.15, 0.2) is 48.5 Å². The van der Waals surface area contributed by atoms with Gasteiger partial charge in [0.15, 0.2) is 9.84 Å². The summed E-state index contributed by atoms with van der Waals surface area (Å²) in [6.07, 6.45) is 4.26. The van der Waals surface area contributed by atoms with Crippen LogP contribution in [0.5, 0.6) is 0 Å². The minimum absolute atomic E-state index is 0.171. The third-order valence-electron chi connectivity index (χ3n) is 8.51. The van der Waals surface area contributed by atoms with Crippen LogP contribution in [0.1, 0.15) is 102 Å². The second-order valence-electron chi connectivity index (χ2n) is 11.6. The predicted octanol–water partition coefficient (Wildman–Crippen LogP) is 8.08. The average molecular weight is 625 g/mol. The molecule has 226 valence electrons. The Hall–Kier alpha value is -2.09. The van der Waals surface area contributed by atoms with E-state index in [-0.39, 0.29) is 30.4 Å². The van der Waals surface area contributed by atoms with Gasteiger partial charge in [-0.05, 0) is 61.1 Å². The number of hydrogen-bond donors (Lipinski definition) is 1. The Kier molecular flexibility index (Phi) is 11.7. The van der Waals surface area contributed by atoms with E-state index in [0.29, 0.717) is 29.3 Å². The summed E-state index contributed by atoms with van der Waals surface area (Å²) in [5.41, 5.74) is 0.454. The topological polar surface area (TPSA) is 91.8 Å².